The van der Waals surface area contributed by atoms with Crippen LogP contribution >= 0.6 is 22.7 Å². The average Bonchev–Trinajstić information content (AvgIpc) is 3.32. The van der Waals surface area contributed by atoms with Gasteiger partial charge in [-0.05, 0) is 24.3 Å². The number of thiophene rings is 1. The smallest absolute Gasteiger partial charge is 0.226 e. The van der Waals surface area contributed by atoms with E-state index in [0.29, 0.717) is 24.5 Å². The van der Waals surface area contributed by atoms with Crippen LogP contribution in [0.3, 0.4) is 0 Å². The van der Waals surface area contributed by atoms with E-state index < -0.39 is 0 Å². The van der Waals surface area contributed by atoms with E-state index in [1.807, 2.05) is 29.6 Å². The van der Waals surface area contributed by atoms with Crippen molar-refractivity contribution in [3.05, 3.63) is 46.5 Å². The zero-order chi connectivity index (χ0) is 17.6. The van der Waals surface area contributed by atoms with Gasteiger partial charge < -0.3 is 15.1 Å². The van der Waals surface area contributed by atoms with Crippen LogP contribution in [0.5, 0.6) is 0 Å². The fourth-order valence-corrected chi connectivity index (χ4v) is 3.85. The van der Waals surface area contributed by atoms with E-state index >= 15 is 0 Å². The Hall–Kier alpha value is -2.45. The van der Waals surface area contributed by atoms with Crippen molar-refractivity contribution in [3.63, 3.8) is 0 Å². The van der Waals surface area contributed by atoms with Crippen LogP contribution in [-0.4, -0.2) is 16.8 Å². The van der Waals surface area contributed by atoms with Gasteiger partial charge in [0.05, 0.1) is 23.4 Å². The molecule has 3 rings (SSSR count). The van der Waals surface area contributed by atoms with Crippen LogP contribution in [0.25, 0.3) is 10.6 Å². The molecular formula is C17H17N3O3S2. The van der Waals surface area contributed by atoms with Gasteiger partial charge in [-0.1, -0.05) is 0 Å². The molecule has 130 valence electrons. The average molecular weight is 375 g/mol. The molecule has 2 amide bonds. The van der Waals surface area contributed by atoms with Crippen molar-refractivity contribution in [2.45, 2.75) is 26.3 Å². The second kappa shape index (κ2) is 8.09. The molecule has 6 nitrogen and oxygen atoms in total. The Balaban J connectivity index is 1.55. The van der Waals surface area contributed by atoms with E-state index in [0.717, 1.165) is 21.2 Å². The number of aryl methyl sites for hydroxylation is 1. The highest BCUT2D eigenvalue weighted by molar-refractivity contribution is 7.17. The Morgan fingerprint density at radius 3 is 2.92 bits per heavy atom. The van der Waals surface area contributed by atoms with Gasteiger partial charge in [-0.25, -0.2) is 4.98 Å². The Morgan fingerprint density at radius 2 is 2.16 bits per heavy atom. The molecule has 0 saturated carbocycles. The standard InChI is InChI=1S/C17H17N3O3S2/c1-11(21)18-9-13-5-6-15(25-13)14-10-24-17(19-14)20-16(22)7-4-12-3-2-8-23-12/h2-3,5-6,8,10H,4,7,9H2,1H3,(H,18,21)(H,19,20,22). The highest BCUT2D eigenvalue weighted by Crippen LogP contribution is 2.30. The molecule has 0 aliphatic heterocycles. The molecule has 8 heteroatoms. The normalized spacial score (nSPS) is 10.6. The number of furan rings is 1. The molecule has 0 fully saturated rings. The second-order valence-corrected chi connectivity index (χ2v) is 7.37. The molecule has 0 spiro atoms. The van der Waals surface area contributed by atoms with E-state index in [9.17, 15) is 9.59 Å². The Kier molecular flexibility index (Phi) is 5.62. The van der Waals surface area contributed by atoms with Gasteiger partial charge in [-0.2, -0.15) is 0 Å². The van der Waals surface area contributed by atoms with E-state index in [-0.39, 0.29) is 11.8 Å². The Bertz CT molecular complexity index is 852. The molecule has 0 saturated heterocycles. The zero-order valence-electron chi connectivity index (χ0n) is 13.6. The van der Waals surface area contributed by atoms with Crippen LogP contribution in [0.15, 0.2) is 40.3 Å². The van der Waals surface area contributed by atoms with Gasteiger partial charge in [0.25, 0.3) is 0 Å². The minimum Gasteiger partial charge on any atom is -0.469 e. The third-order valence-corrected chi connectivity index (χ3v) is 5.22. The predicted octanol–water partition coefficient (Wildman–Crippen LogP) is 3.67. The molecule has 3 aromatic rings. The molecule has 3 heterocycles. The highest BCUT2D eigenvalue weighted by Gasteiger charge is 2.11. The lowest BCUT2D eigenvalue weighted by Crippen LogP contribution is -2.17. The number of nitrogens with one attached hydrogen (secondary N) is 2. The van der Waals surface area contributed by atoms with Gasteiger partial charge in [-0.3, -0.25) is 9.59 Å². The van der Waals surface area contributed by atoms with Gasteiger partial charge in [0.2, 0.25) is 11.8 Å². The molecule has 0 atom stereocenters. The minimum atomic E-state index is -0.0881. The van der Waals surface area contributed by atoms with Crippen LogP contribution in [0.1, 0.15) is 24.0 Å². The van der Waals surface area contributed by atoms with Crippen LogP contribution in [0, 0.1) is 0 Å². The third kappa shape index (κ3) is 5.01. The summed E-state index contributed by atoms with van der Waals surface area (Å²) in [5.41, 5.74) is 0.824. The number of carbonyl (C=O) groups is 2. The maximum atomic E-state index is 12.0. The summed E-state index contributed by atoms with van der Waals surface area (Å²) in [4.78, 5) is 29.5. The number of aromatic nitrogens is 1. The third-order valence-electron chi connectivity index (χ3n) is 3.35. The van der Waals surface area contributed by atoms with Gasteiger partial charge in [0.1, 0.15) is 5.76 Å². The number of hydrogen-bond acceptors (Lipinski definition) is 6. The van der Waals surface area contributed by atoms with Crippen molar-refractivity contribution in [1.29, 1.82) is 0 Å². The van der Waals surface area contributed by atoms with Crippen molar-refractivity contribution in [3.8, 4) is 10.6 Å². The summed E-state index contributed by atoms with van der Waals surface area (Å²) in [5, 5.41) is 8.08. The summed E-state index contributed by atoms with van der Waals surface area (Å²) in [6, 6.07) is 7.60. The van der Waals surface area contributed by atoms with Crippen LogP contribution < -0.4 is 10.6 Å². The fourth-order valence-electron chi connectivity index (χ4n) is 2.14. The first kappa shape index (κ1) is 17.4. The van der Waals surface area contributed by atoms with Gasteiger partial charge in [-0.15, -0.1) is 22.7 Å². The van der Waals surface area contributed by atoms with Crippen molar-refractivity contribution < 1.29 is 14.0 Å². The number of hydrogen-bond donors (Lipinski definition) is 2. The van der Waals surface area contributed by atoms with E-state index in [4.69, 9.17) is 4.42 Å². The lowest BCUT2D eigenvalue weighted by atomic mass is 10.2. The molecule has 25 heavy (non-hydrogen) atoms. The van der Waals surface area contributed by atoms with E-state index in [1.54, 1.807) is 17.6 Å². The van der Waals surface area contributed by atoms with E-state index in [2.05, 4.69) is 15.6 Å². The lowest BCUT2D eigenvalue weighted by molar-refractivity contribution is -0.119. The second-order valence-electron chi connectivity index (χ2n) is 5.34. The van der Waals surface area contributed by atoms with Crippen LogP contribution in [0.4, 0.5) is 5.13 Å². The summed E-state index contributed by atoms with van der Waals surface area (Å²) >= 11 is 2.97. The molecule has 0 aromatic carbocycles. The fraction of sp³-hybridized carbons (Fsp3) is 0.235. The number of thiazole rings is 1. The van der Waals surface area contributed by atoms with Crippen molar-refractivity contribution in [1.82, 2.24) is 10.3 Å². The first-order valence-electron chi connectivity index (χ1n) is 7.71. The zero-order valence-corrected chi connectivity index (χ0v) is 15.2. The molecule has 0 bridgehead atoms. The maximum absolute atomic E-state index is 12.0. The Morgan fingerprint density at radius 1 is 1.28 bits per heavy atom. The van der Waals surface area contributed by atoms with Crippen molar-refractivity contribution in [2.24, 2.45) is 0 Å². The SMILES string of the molecule is CC(=O)NCc1ccc(-c2csc(NC(=O)CCc3ccco3)n2)s1. The van der Waals surface area contributed by atoms with Crippen molar-refractivity contribution >= 4 is 39.6 Å². The minimum absolute atomic E-state index is 0.0526. The number of nitrogens with zero attached hydrogens (tertiary/aromatic N) is 1. The highest BCUT2D eigenvalue weighted by atomic mass is 32.1. The maximum Gasteiger partial charge on any atom is 0.226 e. The largest absolute Gasteiger partial charge is 0.469 e. The molecule has 2 N–H and O–H groups in total. The molecule has 0 radical (unpaired) electrons. The number of rotatable bonds is 7. The summed E-state index contributed by atoms with van der Waals surface area (Å²) in [7, 11) is 0. The quantitative estimate of drug-likeness (QED) is 0.660. The molecular weight excluding hydrogens is 358 g/mol. The summed E-state index contributed by atoms with van der Waals surface area (Å²) in [6.45, 7) is 2.01. The van der Waals surface area contributed by atoms with Gasteiger partial charge >= 0.3 is 0 Å². The lowest BCUT2D eigenvalue weighted by Gasteiger charge is -2.00. The topological polar surface area (TPSA) is 84.2 Å². The molecule has 0 aliphatic rings. The predicted molar refractivity (Wildman–Crippen MR) is 98.6 cm³/mol. The van der Waals surface area contributed by atoms with Crippen LogP contribution in [-0.2, 0) is 22.6 Å². The number of carbonyl (C=O) groups excluding carboxylic acids is 2. The molecule has 0 aliphatic carbocycles. The monoisotopic (exact) mass is 375 g/mol. The summed E-state index contributed by atoms with van der Waals surface area (Å²) in [5.74, 6) is 0.651. The first-order valence-corrected chi connectivity index (χ1v) is 9.41. The van der Waals surface area contributed by atoms with Crippen LogP contribution in [0.2, 0.25) is 0 Å². The molecule has 3 aromatic heterocycles. The Labute approximate surface area is 152 Å². The first-order chi connectivity index (χ1) is 12.1. The number of amides is 2. The van der Waals surface area contributed by atoms with Crippen molar-refractivity contribution in [2.75, 3.05) is 5.32 Å². The van der Waals surface area contributed by atoms with Gasteiger partial charge in [0, 0.05) is 30.0 Å². The van der Waals surface area contributed by atoms with E-state index in [1.165, 1.54) is 18.3 Å². The van der Waals surface area contributed by atoms with Gasteiger partial charge in [0.15, 0.2) is 5.13 Å². The molecule has 0 unspecified atom stereocenters. The number of anilines is 1. The summed E-state index contributed by atoms with van der Waals surface area (Å²) in [6.07, 6.45) is 2.51. The summed E-state index contributed by atoms with van der Waals surface area (Å²) < 4.78 is 5.22.